The number of amides is 1. The molecule has 1 saturated carbocycles. The molecule has 0 N–H and O–H groups in total. The first kappa shape index (κ1) is 16.3. The van der Waals surface area contributed by atoms with E-state index in [4.69, 9.17) is 4.74 Å². The van der Waals surface area contributed by atoms with Crippen LogP contribution in [-0.4, -0.2) is 48.0 Å². The van der Waals surface area contributed by atoms with Gasteiger partial charge in [0.15, 0.2) is 0 Å². The second-order valence-corrected chi connectivity index (χ2v) is 6.55. The minimum Gasteiger partial charge on any atom is -0.469 e. The van der Waals surface area contributed by atoms with Crippen LogP contribution >= 0.6 is 11.8 Å². The van der Waals surface area contributed by atoms with E-state index in [0.29, 0.717) is 6.42 Å². The van der Waals surface area contributed by atoms with Gasteiger partial charge in [0.2, 0.25) is 5.91 Å². The van der Waals surface area contributed by atoms with Gasteiger partial charge in [0, 0.05) is 18.8 Å². The van der Waals surface area contributed by atoms with E-state index >= 15 is 0 Å². The Bertz CT molecular complexity index is 325. The standard InChI is InChI=1S/C14H25NO3S/c1-5-15(6-2)13(17)11(3)19-10-14(7-8-14)9-12(16)18-4/h11H,5-10H2,1-4H3. The van der Waals surface area contributed by atoms with Crippen molar-refractivity contribution < 1.29 is 14.3 Å². The summed E-state index contributed by atoms with van der Waals surface area (Å²) in [5, 5.41) is -0.0324. The highest BCUT2D eigenvalue weighted by molar-refractivity contribution is 8.00. The fourth-order valence-electron chi connectivity index (χ4n) is 2.09. The summed E-state index contributed by atoms with van der Waals surface area (Å²) in [4.78, 5) is 25.3. The minimum atomic E-state index is -0.138. The Morgan fingerprint density at radius 1 is 1.32 bits per heavy atom. The summed E-state index contributed by atoms with van der Waals surface area (Å²) in [7, 11) is 1.43. The van der Waals surface area contributed by atoms with E-state index in [1.54, 1.807) is 11.8 Å². The lowest BCUT2D eigenvalue weighted by Crippen LogP contribution is -2.36. The molecule has 1 aliphatic rings. The highest BCUT2D eigenvalue weighted by Gasteiger charge is 2.45. The van der Waals surface area contributed by atoms with Gasteiger partial charge in [0.05, 0.1) is 18.8 Å². The zero-order chi connectivity index (χ0) is 14.5. The van der Waals surface area contributed by atoms with Crippen LogP contribution in [0.15, 0.2) is 0 Å². The number of rotatable bonds is 8. The van der Waals surface area contributed by atoms with Gasteiger partial charge < -0.3 is 9.64 Å². The van der Waals surface area contributed by atoms with Crippen molar-refractivity contribution in [3.63, 3.8) is 0 Å². The molecule has 0 spiro atoms. The van der Waals surface area contributed by atoms with E-state index in [1.807, 2.05) is 25.7 Å². The molecule has 0 bridgehead atoms. The van der Waals surface area contributed by atoms with Crippen molar-refractivity contribution in [1.29, 1.82) is 0 Å². The molecule has 0 aromatic rings. The first-order chi connectivity index (χ1) is 8.98. The molecule has 0 aromatic carbocycles. The van der Waals surface area contributed by atoms with E-state index < -0.39 is 0 Å². The van der Waals surface area contributed by atoms with Crippen molar-refractivity contribution in [2.75, 3.05) is 26.0 Å². The fraction of sp³-hybridized carbons (Fsp3) is 0.857. The SMILES string of the molecule is CCN(CC)C(=O)C(C)SCC1(CC(=O)OC)CC1. The molecule has 4 nitrogen and oxygen atoms in total. The van der Waals surface area contributed by atoms with Gasteiger partial charge in [-0.3, -0.25) is 9.59 Å². The number of carbonyl (C=O) groups is 2. The average molecular weight is 287 g/mol. The molecular weight excluding hydrogens is 262 g/mol. The van der Waals surface area contributed by atoms with Crippen molar-refractivity contribution in [3.05, 3.63) is 0 Å². The predicted octanol–water partition coefficient (Wildman–Crippen LogP) is 2.32. The quantitative estimate of drug-likeness (QED) is 0.643. The maximum absolute atomic E-state index is 12.1. The zero-order valence-electron chi connectivity index (χ0n) is 12.4. The second-order valence-electron chi connectivity index (χ2n) is 5.22. The van der Waals surface area contributed by atoms with E-state index in [1.165, 1.54) is 7.11 Å². The van der Waals surface area contributed by atoms with Crippen LogP contribution in [0.1, 0.15) is 40.0 Å². The lowest BCUT2D eigenvalue weighted by molar-refractivity contribution is -0.141. The highest BCUT2D eigenvalue weighted by Crippen LogP contribution is 2.51. The van der Waals surface area contributed by atoms with Gasteiger partial charge in [-0.05, 0) is 39.0 Å². The monoisotopic (exact) mass is 287 g/mol. The maximum atomic E-state index is 12.1. The van der Waals surface area contributed by atoms with Gasteiger partial charge >= 0.3 is 5.97 Å². The Labute approximate surface area is 120 Å². The summed E-state index contributed by atoms with van der Waals surface area (Å²) in [6.07, 6.45) is 2.63. The number of thioether (sulfide) groups is 1. The largest absolute Gasteiger partial charge is 0.469 e. The van der Waals surface area contributed by atoms with Crippen LogP contribution in [0.2, 0.25) is 0 Å². The number of methoxy groups -OCH3 is 1. The summed E-state index contributed by atoms with van der Waals surface area (Å²) in [6.45, 7) is 7.47. The van der Waals surface area contributed by atoms with Crippen LogP contribution in [0.5, 0.6) is 0 Å². The maximum Gasteiger partial charge on any atom is 0.306 e. The normalized spacial score (nSPS) is 17.7. The van der Waals surface area contributed by atoms with Gasteiger partial charge in [-0.15, -0.1) is 11.8 Å². The first-order valence-electron chi connectivity index (χ1n) is 6.95. The molecule has 1 atom stereocenters. The zero-order valence-corrected chi connectivity index (χ0v) is 13.2. The lowest BCUT2D eigenvalue weighted by Gasteiger charge is -2.23. The van der Waals surface area contributed by atoms with Gasteiger partial charge in [0.25, 0.3) is 0 Å². The third-order valence-corrected chi connectivity index (χ3v) is 5.25. The number of hydrogen-bond acceptors (Lipinski definition) is 4. The van der Waals surface area contributed by atoms with Crippen molar-refractivity contribution in [1.82, 2.24) is 4.90 Å². The van der Waals surface area contributed by atoms with Gasteiger partial charge in [0.1, 0.15) is 0 Å². The van der Waals surface area contributed by atoms with Gasteiger partial charge in [-0.2, -0.15) is 0 Å². The molecule has 5 heteroatoms. The Kier molecular flexibility index (Phi) is 6.17. The van der Waals surface area contributed by atoms with Crippen molar-refractivity contribution >= 4 is 23.6 Å². The average Bonchev–Trinajstić information content (AvgIpc) is 3.17. The Morgan fingerprint density at radius 3 is 2.32 bits per heavy atom. The molecule has 1 unspecified atom stereocenters. The molecule has 0 saturated heterocycles. The van der Waals surface area contributed by atoms with E-state index in [-0.39, 0.29) is 22.5 Å². The fourth-order valence-corrected chi connectivity index (χ4v) is 3.38. The second kappa shape index (κ2) is 7.17. The van der Waals surface area contributed by atoms with Crippen LogP contribution in [0, 0.1) is 5.41 Å². The molecule has 0 aliphatic heterocycles. The Balaban J connectivity index is 2.39. The third kappa shape index (κ3) is 4.71. The molecule has 110 valence electrons. The van der Waals surface area contributed by atoms with Gasteiger partial charge in [-0.1, -0.05) is 0 Å². The highest BCUT2D eigenvalue weighted by atomic mass is 32.2. The summed E-state index contributed by atoms with van der Waals surface area (Å²) >= 11 is 1.67. The number of esters is 1. The van der Waals surface area contributed by atoms with Crippen LogP contribution in [-0.2, 0) is 14.3 Å². The third-order valence-electron chi connectivity index (χ3n) is 3.77. The first-order valence-corrected chi connectivity index (χ1v) is 8.00. The smallest absolute Gasteiger partial charge is 0.306 e. The minimum absolute atomic E-state index is 0.0324. The van der Waals surface area contributed by atoms with E-state index in [2.05, 4.69) is 0 Å². The molecule has 1 rings (SSSR count). The van der Waals surface area contributed by atoms with Crippen LogP contribution in [0.25, 0.3) is 0 Å². The molecule has 1 amide bonds. The summed E-state index contributed by atoms with van der Waals surface area (Å²) in [6, 6.07) is 0. The summed E-state index contributed by atoms with van der Waals surface area (Å²) < 4.78 is 4.73. The molecular formula is C14H25NO3S. The lowest BCUT2D eigenvalue weighted by atomic mass is 10.1. The van der Waals surface area contributed by atoms with Crippen LogP contribution in [0.4, 0.5) is 0 Å². The molecule has 19 heavy (non-hydrogen) atoms. The Morgan fingerprint density at radius 2 is 1.89 bits per heavy atom. The predicted molar refractivity (Wildman–Crippen MR) is 78.1 cm³/mol. The number of carbonyl (C=O) groups excluding carboxylic acids is 2. The summed E-state index contributed by atoms with van der Waals surface area (Å²) in [5.74, 6) is 0.931. The number of hydrogen-bond donors (Lipinski definition) is 0. The topological polar surface area (TPSA) is 46.6 Å². The summed E-state index contributed by atoms with van der Waals surface area (Å²) in [5.41, 5.74) is 0.0928. The van der Waals surface area contributed by atoms with E-state index in [9.17, 15) is 9.59 Å². The number of nitrogens with zero attached hydrogens (tertiary/aromatic N) is 1. The number of ether oxygens (including phenoxy) is 1. The molecule has 0 heterocycles. The van der Waals surface area contributed by atoms with Crippen molar-refractivity contribution in [2.45, 2.75) is 45.3 Å². The van der Waals surface area contributed by atoms with E-state index in [0.717, 1.165) is 31.7 Å². The Hall–Kier alpha value is -0.710. The van der Waals surface area contributed by atoms with Crippen LogP contribution in [0.3, 0.4) is 0 Å². The van der Waals surface area contributed by atoms with Gasteiger partial charge in [-0.25, -0.2) is 0 Å². The van der Waals surface area contributed by atoms with Crippen LogP contribution < -0.4 is 0 Å². The molecule has 0 aromatic heterocycles. The molecule has 1 aliphatic carbocycles. The van der Waals surface area contributed by atoms with Crippen molar-refractivity contribution in [3.8, 4) is 0 Å². The molecule has 0 radical (unpaired) electrons. The molecule has 1 fully saturated rings. The van der Waals surface area contributed by atoms with Crippen molar-refractivity contribution in [2.24, 2.45) is 5.41 Å².